The predicted molar refractivity (Wildman–Crippen MR) is 115 cm³/mol. The highest BCUT2D eigenvalue weighted by atomic mass is 35.5. The first-order chi connectivity index (χ1) is 13.9. The molecule has 1 aromatic heterocycles. The van der Waals surface area contributed by atoms with Gasteiger partial charge >= 0.3 is 0 Å². The van der Waals surface area contributed by atoms with Gasteiger partial charge in [-0.05, 0) is 38.1 Å². The molecule has 0 spiro atoms. The fourth-order valence-electron chi connectivity index (χ4n) is 3.16. The number of anilines is 1. The molecule has 156 valence electrons. The molecule has 3 rings (SSSR count). The van der Waals surface area contributed by atoms with E-state index in [1.54, 1.807) is 4.90 Å². The predicted octanol–water partition coefficient (Wildman–Crippen LogP) is 2.64. The van der Waals surface area contributed by atoms with E-state index >= 15 is 0 Å². The van der Waals surface area contributed by atoms with Gasteiger partial charge in [-0.3, -0.25) is 9.59 Å². The molecule has 1 aliphatic rings. The molecule has 1 fully saturated rings. The molecule has 0 radical (unpaired) electrons. The van der Waals surface area contributed by atoms with Crippen molar-refractivity contribution in [3.8, 4) is 0 Å². The zero-order valence-corrected chi connectivity index (χ0v) is 18.2. The molecule has 2 heterocycles. The Bertz CT molecular complexity index is 828. The van der Waals surface area contributed by atoms with E-state index in [2.05, 4.69) is 15.4 Å². The molecule has 1 saturated heterocycles. The lowest BCUT2D eigenvalue weighted by molar-refractivity contribution is -0.132. The molecule has 0 bridgehead atoms. The van der Waals surface area contributed by atoms with Crippen molar-refractivity contribution in [1.82, 2.24) is 15.4 Å². The van der Waals surface area contributed by atoms with Crippen molar-refractivity contribution in [2.75, 3.05) is 43.4 Å². The summed E-state index contributed by atoms with van der Waals surface area (Å²) in [7, 11) is 0. The Labute approximate surface area is 179 Å². The first-order valence-electron chi connectivity index (χ1n) is 9.48. The topological polar surface area (TPSA) is 78.7 Å². The Balaban J connectivity index is 1.35. The third-order valence-corrected chi connectivity index (χ3v) is 6.13. The van der Waals surface area contributed by atoms with Crippen molar-refractivity contribution in [2.45, 2.75) is 19.6 Å². The number of hydrogen-bond donors (Lipinski definition) is 1. The van der Waals surface area contributed by atoms with Crippen molar-refractivity contribution in [1.29, 1.82) is 0 Å². The van der Waals surface area contributed by atoms with Gasteiger partial charge in [0.2, 0.25) is 11.8 Å². The lowest BCUT2D eigenvalue weighted by atomic mass is 10.2. The van der Waals surface area contributed by atoms with Crippen LogP contribution in [0, 0.1) is 13.8 Å². The van der Waals surface area contributed by atoms with Crippen LogP contribution in [-0.4, -0.2) is 60.3 Å². The Morgan fingerprint density at radius 2 is 1.86 bits per heavy atom. The number of hydrogen-bond acceptors (Lipinski definition) is 6. The van der Waals surface area contributed by atoms with Gasteiger partial charge in [-0.2, -0.15) is 0 Å². The van der Waals surface area contributed by atoms with Gasteiger partial charge < -0.3 is 19.6 Å². The molecule has 29 heavy (non-hydrogen) atoms. The van der Waals surface area contributed by atoms with Crippen molar-refractivity contribution < 1.29 is 14.1 Å². The number of halogens is 1. The number of piperazine rings is 1. The number of aromatic nitrogens is 1. The first kappa shape index (κ1) is 21.5. The van der Waals surface area contributed by atoms with E-state index in [0.29, 0.717) is 29.6 Å². The molecule has 7 nitrogen and oxygen atoms in total. The molecule has 0 aliphatic carbocycles. The highest BCUT2D eigenvalue weighted by molar-refractivity contribution is 7.99. The number of amides is 2. The van der Waals surface area contributed by atoms with Crippen LogP contribution >= 0.6 is 23.4 Å². The van der Waals surface area contributed by atoms with Crippen LogP contribution in [0.2, 0.25) is 5.02 Å². The van der Waals surface area contributed by atoms with E-state index in [1.807, 2.05) is 38.1 Å². The number of carbonyl (C=O) groups excluding carboxylic acids is 2. The maximum atomic E-state index is 12.4. The minimum absolute atomic E-state index is 0.0334. The number of nitrogens with zero attached hydrogens (tertiary/aromatic N) is 3. The van der Waals surface area contributed by atoms with Gasteiger partial charge in [-0.25, -0.2) is 0 Å². The summed E-state index contributed by atoms with van der Waals surface area (Å²) in [5.74, 6) is 1.54. The summed E-state index contributed by atoms with van der Waals surface area (Å²) in [6, 6.07) is 7.71. The van der Waals surface area contributed by atoms with Gasteiger partial charge in [-0.15, -0.1) is 11.8 Å². The Kier molecular flexibility index (Phi) is 7.44. The number of benzene rings is 1. The second kappa shape index (κ2) is 10.0. The van der Waals surface area contributed by atoms with E-state index in [9.17, 15) is 9.59 Å². The normalized spacial score (nSPS) is 14.2. The van der Waals surface area contributed by atoms with Crippen molar-refractivity contribution in [2.24, 2.45) is 0 Å². The van der Waals surface area contributed by atoms with Crippen LogP contribution in [0.3, 0.4) is 0 Å². The van der Waals surface area contributed by atoms with Gasteiger partial charge in [0.15, 0.2) is 0 Å². The highest BCUT2D eigenvalue weighted by Crippen LogP contribution is 2.20. The molecule has 2 amide bonds. The number of aryl methyl sites for hydroxylation is 2. The standard InChI is InChI=1S/C20H25ClN4O3S/c1-14-18(15(2)28-23-14)12-29-13-19(26)22-11-20(27)25-9-7-24(8-10-25)17-5-3-16(21)4-6-17/h3-6H,7-13H2,1-2H3,(H,22,26). The van der Waals surface area contributed by atoms with E-state index in [4.69, 9.17) is 16.1 Å². The fraction of sp³-hybridized carbons (Fsp3) is 0.450. The summed E-state index contributed by atoms with van der Waals surface area (Å²) in [5.41, 5.74) is 2.98. The first-order valence-corrected chi connectivity index (χ1v) is 11.0. The molecule has 0 saturated carbocycles. The maximum Gasteiger partial charge on any atom is 0.242 e. The number of nitrogens with one attached hydrogen (secondary N) is 1. The number of thioether (sulfide) groups is 1. The number of rotatable bonds is 7. The third kappa shape index (κ3) is 5.90. The van der Waals surface area contributed by atoms with Crippen molar-refractivity contribution in [3.05, 3.63) is 46.3 Å². The largest absolute Gasteiger partial charge is 0.368 e. The summed E-state index contributed by atoms with van der Waals surface area (Å²) in [6.45, 7) is 6.57. The highest BCUT2D eigenvalue weighted by Gasteiger charge is 2.21. The maximum absolute atomic E-state index is 12.4. The number of carbonyl (C=O) groups is 2. The second-order valence-electron chi connectivity index (χ2n) is 6.92. The summed E-state index contributed by atoms with van der Waals surface area (Å²) in [5, 5.41) is 7.34. The summed E-state index contributed by atoms with van der Waals surface area (Å²) in [6.07, 6.45) is 0. The Hall–Kier alpha value is -2.19. The van der Waals surface area contributed by atoms with Gasteiger partial charge in [-0.1, -0.05) is 16.8 Å². The lowest BCUT2D eigenvalue weighted by Gasteiger charge is -2.36. The third-order valence-electron chi connectivity index (χ3n) is 4.92. The Morgan fingerprint density at radius 1 is 1.17 bits per heavy atom. The smallest absolute Gasteiger partial charge is 0.242 e. The van der Waals surface area contributed by atoms with Gasteiger partial charge in [0.1, 0.15) is 5.76 Å². The second-order valence-corrected chi connectivity index (χ2v) is 8.34. The minimum atomic E-state index is -0.144. The van der Waals surface area contributed by atoms with Crippen molar-refractivity contribution in [3.63, 3.8) is 0 Å². The summed E-state index contributed by atoms with van der Waals surface area (Å²) < 4.78 is 5.12. The van der Waals surface area contributed by atoms with Crippen LogP contribution in [-0.2, 0) is 15.3 Å². The van der Waals surface area contributed by atoms with Crippen LogP contribution in [0.1, 0.15) is 17.0 Å². The van der Waals surface area contributed by atoms with Gasteiger partial charge in [0.05, 0.1) is 18.0 Å². The lowest BCUT2D eigenvalue weighted by Crippen LogP contribution is -2.51. The molecule has 9 heteroatoms. The zero-order valence-electron chi connectivity index (χ0n) is 16.6. The molecule has 1 aromatic carbocycles. The zero-order chi connectivity index (χ0) is 20.8. The Morgan fingerprint density at radius 3 is 2.48 bits per heavy atom. The average Bonchev–Trinajstić information content (AvgIpc) is 3.05. The van der Waals surface area contributed by atoms with Crippen LogP contribution in [0.15, 0.2) is 28.8 Å². The van der Waals surface area contributed by atoms with Gasteiger partial charge in [0.25, 0.3) is 0 Å². The molecular weight excluding hydrogens is 412 g/mol. The molecule has 0 unspecified atom stereocenters. The van der Waals surface area contributed by atoms with Crippen LogP contribution in [0.5, 0.6) is 0 Å². The van der Waals surface area contributed by atoms with Crippen LogP contribution < -0.4 is 10.2 Å². The van der Waals surface area contributed by atoms with Crippen LogP contribution in [0.25, 0.3) is 0 Å². The SMILES string of the molecule is Cc1noc(C)c1CSCC(=O)NCC(=O)N1CCN(c2ccc(Cl)cc2)CC1. The minimum Gasteiger partial charge on any atom is -0.368 e. The van der Waals surface area contributed by atoms with Gasteiger partial charge in [0, 0.05) is 48.2 Å². The summed E-state index contributed by atoms with van der Waals surface area (Å²) in [4.78, 5) is 28.4. The molecular formula is C20H25ClN4O3S. The molecule has 1 aliphatic heterocycles. The van der Waals surface area contributed by atoms with E-state index in [0.717, 1.165) is 35.8 Å². The molecule has 1 N–H and O–H groups in total. The summed E-state index contributed by atoms with van der Waals surface area (Å²) >= 11 is 7.41. The van der Waals surface area contributed by atoms with E-state index in [-0.39, 0.29) is 18.4 Å². The van der Waals surface area contributed by atoms with Crippen LogP contribution in [0.4, 0.5) is 5.69 Å². The quantitative estimate of drug-likeness (QED) is 0.718. The monoisotopic (exact) mass is 436 g/mol. The van der Waals surface area contributed by atoms with E-state index in [1.165, 1.54) is 11.8 Å². The average molecular weight is 437 g/mol. The molecule has 0 atom stereocenters. The fourth-order valence-corrected chi connectivity index (χ4v) is 4.29. The van der Waals surface area contributed by atoms with E-state index < -0.39 is 0 Å². The molecule has 2 aromatic rings. The van der Waals surface area contributed by atoms with Crippen molar-refractivity contribution >= 4 is 40.9 Å².